The first-order chi connectivity index (χ1) is 5.75. The summed E-state index contributed by atoms with van der Waals surface area (Å²) in [6.07, 6.45) is 0. The van der Waals surface area contributed by atoms with Gasteiger partial charge >= 0.3 is 17.8 Å². The minimum atomic E-state index is -0.668. The summed E-state index contributed by atoms with van der Waals surface area (Å²) < 4.78 is 9.19. The maximum atomic E-state index is 10.5. The molecule has 3 N–H and O–H groups in total. The maximum Gasteiger partial charge on any atom is 0.435 e. The van der Waals surface area contributed by atoms with Gasteiger partial charge in [0.25, 0.3) is 6.73 Å². The van der Waals surface area contributed by atoms with E-state index in [2.05, 4.69) is 24.5 Å². The van der Waals surface area contributed by atoms with Crippen molar-refractivity contribution in [2.24, 2.45) is 10.8 Å². The number of hydrazone groups is 1. The van der Waals surface area contributed by atoms with Crippen molar-refractivity contribution in [2.75, 3.05) is 5.01 Å². The normalized spacial score (nSPS) is 16.0. The van der Waals surface area contributed by atoms with E-state index in [0.717, 1.165) is 11.7 Å². The summed E-state index contributed by atoms with van der Waals surface area (Å²) in [5.41, 5.74) is 5.17. The molecule has 0 fully saturated rings. The number of aromatic amines is 1. The zero-order chi connectivity index (χ0) is 8.55. The topological polar surface area (TPSA) is 110 Å². The van der Waals surface area contributed by atoms with E-state index >= 15 is 0 Å². The van der Waals surface area contributed by atoms with Crippen molar-refractivity contribution in [2.45, 2.75) is 0 Å². The van der Waals surface area contributed by atoms with Gasteiger partial charge in [-0.1, -0.05) is 0 Å². The lowest BCUT2D eigenvalue weighted by Gasteiger charge is -2.00. The fraction of sp³-hybridized carbons (Fsp3) is 0. The second kappa shape index (κ2) is 2.26. The third-order valence-electron chi connectivity index (χ3n) is 1.10. The Morgan fingerprint density at radius 1 is 1.67 bits per heavy atom. The Hall–Kier alpha value is -1.99. The molecule has 2 heterocycles. The second-order valence-electron chi connectivity index (χ2n) is 1.90. The number of aromatic nitrogens is 2. The van der Waals surface area contributed by atoms with Gasteiger partial charge in [-0.05, 0) is 0 Å². The van der Waals surface area contributed by atoms with Gasteiger partial charge in [0.1, 0.15) is 0 Å². The lowest BCUT2D eigenvalue weighted by molar-refractivity contribution is 0.401. The van der Waals surface area contributed by atoms with Crippen molar-refractivity contribution in [3.63, 3.8) is 0 Å². The Labute approximate surface area is 65.6 Å². The smallest absolute Gasteiger partial charge is 0.432 e. The maximum absolute atomic E-state index is 10.5. The summed E-state index contributed by atoms with van der Waals surface area (Å²) in [6, 6.07) is -0.0684. The number of rotatable bonds is 1. The average Bonchev–Trinajstić information content (AvgIpc) is 2.58. The number of H-pyrrole nitrogens is 1. The molecule has 0 spiro atoms. The van der Waals surface area contributed by atoms with Crippen LogP contribution in [-0.2, 0) is 4.74 Å². The number of nitrogens with two attached hydrogens (primary N) is 1. The summed E-state index contributed by atoms with van der Waals surface area (Å²) in [4.78, 5) is 10.5. The van der Waals surface area contributed by atoms with Crippen LogP contribution in [0.4, 0.5) is 6.01 Å². The summed E-state index contributed by atoms with van der Waals surface area (Å²) >= 11 is 0. The van der Waals surface area contributed by atoms with Crippen LogP contribution in [0.2, 0.25) is 0 Å². The highest BCUT2D eigenvalue weighted by Crippen LogP contribution is 2.13. The largest absolute Gasteiger partial charge is 0.435 e. The van der Waals surface area contributed by atoms with Crippen molar-refractivity contribution in [3.05, 3.63) is 17.3 Å². The molecule has 63 valence electrons. The molecule has 1 aliphatic heterocycles. The molecule has 0 saturated heterocycles. The van der Waals surface area contributed by atoms with Crippen molar-refractivity contribution >= 4 is 12.0 Å². The van der Waals surface area contributed by atoms with E-state index in [0.29, 0.717) is 0 Å². The molecule has 0 saturated carbocycles. The number of amidine groups is 1. The molecule has 1 aliphatic rings. The Bertz CT molecular complexity index is 365. The third kappa shape index (κ3) is 0.983. The van der Waals surface area contributed by atoms with Crippen LogP contribution in [-0.4, -0.2) is 16.2 Å². The van der Waals surface area contributed by atoms with Crippen molar-refractivity contribution in [1.82, 2.24) is 10.2 Å². The first kappa shape index (κ1) is 6.70. The molecule has 0 amide bonds. The molecule has 1 aromatic heterocycles. The predicted octanol–water partition coefficient (Wildman–Crippen LogP) is -1.45. The van der Waals surface area contributed by atoms with E-state index in [-0.39, 0.29) is 12.0 Å². The summed E-state index contributed by atoms with van der Waals surface area (Å²) in [5.74, 6) is -0.668. The van der Waals surface area contributed by atoms with E-state index in [9.17, 15) is 4.79 Å². The number of nitrogens with zero attached hydrogens (tertiary/aromatic N) is 3. The minimum absolute atomic E-state index is 0.0274. The number of anilines is 1. The van der Waals surface area contributed by atoms with Gasteiger partial charge in [-0.2, -0.15) is 5.01 Å². The Morgan fingerprint density at radius 3 is 3.00 bits per heavy atom. The van der Waals surface area contributed by atoms with Crippen LogP contribution in [0.15, 0.2) is 14.3 Å². The molecule has 0 bridgehead atoms. The minimum Gasteiger partial charge on any atom is -0.432 e. The van der Waals surface area contributed by atoms with Gasteiger partial charge < -0.3 is 14.9 Å². The van der Waals surface area contributed by atoms with E-state index in [1.807, 2.05) is 0 Å². The summed E-state index contributed by atoms with van der Waals surface area (Å²) in [7, 11) is 0. The molecule has 0 unspecified atom stereocenters. The van der Waals surface area contributed by atoms with Crippen LogP contribution in [0.1, 0.15) is 0 Å². The van der Waals surface area contributed by atoms with Crippen LogP contribution >= 0.6 is 0 Å². The Balaban J connectivity index is 2.27. The quantitative estimate of drug-likeness (QED) is 0.533. The molecule has 12 heavy (non-hydrogen) atoms. The van der Waals surface area contributed by atoms with Gasteiger partial charge in [0.05, 0.1) is 0 Å². The lowest BCUT2D eigenvalue weighted by atomic mass is 11.0. The van der Waals surface area contributed by atoms with Gasteiger partial charge in [0.15, 0.2) is 0 Å². The lowest BCUT2D eigenvalue weighted by Crippen LogP contribution is -2.09. The van der Waals surface area contributed by atoms with Gasteiger partial charge in [-0.25, -0.2) is 9.89 Å². The number of nitrogens with one attached hydrogen (secondary N) is 1. The van der Waals surface area contributed by atoms with Crippen LogP contribution in [0, 0.1) is 6.73 Å². The molecule has 0 atom stereocenters. The molecular weight excluding hydrogens is 166 g/mol. The fourth-order valence-corrected chi connectivity index (χ4v) is 0.665. The molecule has 2 rings (SSSR count). The van der Waals surface area contributed by atoms with Crippen LogP contribution in [0.5, 0.6) is 0 Å². The van der Waals surface area contributed by atoms with E-state index in [1.54, 1.807) is 0 Å². The zero-order valence-electron chi connectivity index (χ0n) is 5.72. The number of hydrogen-bond acceptors (Lipinski definition) is 7. The molecule has 0 aromatic carbocycles. The first-order valence-corrected chi connectivity index (χ1v) is 2.94. The summed E-state index contributed by atoms with van der Waals surface area (Å²) in [6.45, 7) is 1.16. The Morgan fingerprint density at radius 2 is 2.50 bits per heavy atom. The highest BCUT2D eigenvalue weighted by Gasteiger charge is 2.20. The van der Waals surface area contributed by atoms with Gasteiger partial charge in [-0.15, -0.1) is 10.2 Å². The van der Waals surface area contributed by atoms with Crippen LogP contribution in [0.25, 0.3) is 0 Å². The van der Waals surface area contributed by atoms with Gasteiger partial charge in [0, 0.05) is 0 Å². The van der Waals surface area contributed by atoms with E-state index in [1.165, 1.54) is 0 Å². The fourth-order valence-electron chi connectivity index (χ4n) is 0.665. The monoisotopic (exact) mass is 170 g/mol. The Kier molecular flexibility index (Phi) is 1.26. The third-order valence-corrected chi connectivity index (χ3v) is 1.10. The standard InChI is InChI=1S/C4H4N5O3/c5-2-8-9(1-11-2)3-6-7-4(10)12-3/h1H,(H2,5,8)(H,7,10). The van der Waals surface area contributed by atoms with Crippen molar-refractivity contribution < 1.29 is 9.15 Å². The molecule has 8 heteroatoms. The number of ether oxygens (including phenoxy) is 1. The molecule has 0 aliphatic carbocycles. The van der Waals surface area contributed by atoms with E-state index in [4.69, 9.17) is 5.73 Å². The van der Waals surface area contributed by atoms with Crippen LogP contribution < -0.4 is 16.5 Å². The molecule has 1 aromatic rings. The zero-order valence-corrected chi connectivity index (χ0v) is 5.72. The van der Waals surface area contributed by atoms with E-state index < -0.39 is 5.76 Å². The summed E-state index contributed by atoms with van der Waals surface area (Å²) in [5, 5.41) is 10.2. The predicted molar refractivity (Wildman–Crippen MR) is 36.6 cm³/mol. The van der Waals surface area contributed by atoms with Crippen molar-refractivity contribution in [3.8, 4) is 0 Å². The molecular formula is C4H4N5O3. The first-order valence-electron chi connectivity index (χ1n) is 2.94. The molecule has 8 nitrogen and oxygen atoms in total. The van der Waals surface area contributed by atoms with Gasteiger partial charge in [0.2, 0.25) is 0 Å². The average molecular weight is 170 g/mol. The van der Waals surface area contributed by atoms with Crippen LogP contribution in [0.3, 0.4) is 0 Å². The SMILES string of the molecule is NC1=NN(c2n[nH]c(=O)o2)[CH]O1. The van der Waals surface area contributed by atoms with Crippen molar-refractivity contribution in [1.29, 1.82) is 0 Å². The number of hydrogen-bond donors (Lipinski definition) is 2. The highest BCUT2D eigenvalue weighted by atomic mass is 16.5. The second-order valence-corrected chi connectivity index (χ2v) is 1.90. The molecule has 1 radical (unpaired) electrons. The van der Waals surface area contributed by atoms with Gasteiger partial charge in [-0.3, -0.25) is 0 Å². The highest BCUT2D eigenvalue weighted by molar-refractivity contribution is 5.75.